The summed E-state index contributed by atoms with van der Waals surface area (Å²) in [6.07, 6.45) is 4.08. The van der Waals surface area contributed by atoms with Crippen LogP contribution < -0.4 is 0 Å². The summed E-state index contributed by atoms with van der Waals surface area (Å²) in [4.78, 5) is 0. The lowest BCUT2D eigenvalue weighted by molar-refractivity contribution is 0.0415. The van der Waals surface area contributed by atoms with E-state index < -0.39 is 0 Å². The molecule has 0 radical (unpaired) electrons. The molecular formula is C17H36. The van der Waals surface area contributed by atoms with Gasteiger partial charge in [-0.05, 0) is 35.0 Å². The van der Waals surface area contributed by atoms with Crippen molar-refractivity contribution in [3.05, 3.63) is 0 Å². The molecule has 0 spiro atoms. The molecule has 3 atom stereocenters. The molecule has 0 rings (SSSR count). The Kier molecular flexibility index (Phi) is 6.25. The molecule has 3 unspecified atom stereocenters. The van der Waals surface area contributed by atoms with Gasteiger partial charge in [-0.3, -0.25) is 0 Å². The van der Waals surface area contributed by atoms with Crippen LogP contribution in [0.3, 0.4) is 0 Å². The summed E-state index contributed by atoms with van der Waals surface area (Å²) < 4.78 is 0. The van der Waals surface area contributed by atoms with E-state index in [9.17, 15) is 0 Å². The van der Waals surface area contributed by atoms with Gasteiger partial charge < -0.3 is 0 Å². The van der Waals surface area contributed by atoms with Crippen LogP contribution in [-0.4, -0.2) is 0 Å². The summed E-state index contributed by atoms with van der Waals surface area (Å²) in [6.45, 7) is 21.7. The molecular weight excluding hydrogens is 204 g/mol. The van der Waals surface area contributed by atoms with Gasteiger partial charge in [-0.15, -0.1) is 0 Å². The zero-order chi connectivity index (χ0) is 13.9. The van der Waals surface area contributed by atoms with Crippen LogP contribution in [0.25, 0.3) is 0 Å². The van der Waals surface area contributed by atoms with Gasteiger partial charge in [0.25, 0.3) is 0 Å². The Balaban J connectivity index is 4.59. The minimum atomic E-state index is 0.408. The highest BCUT2D eigenvalue weighted by atomic mass is 14.4. The van der Waals surface area contributed by atoms with E-state index in [1.165, 1.54) is 19.3 Å². The van der Waals surface area contributed by atoms with E-state index in [-0.39, 0.29) is 0 Å². The third-order valence-corrected chi connectivity index (χ3v) is 5.22. The third-order valence-electron chi connectivity index (χ3n) is 5.22. The topological polar surface area (TPSA) is 0 Å². The first-order chi connectivity index (χ1) is 7.53. The Hall–Kier alpha value is 0. The predicted octanol–water partition coefficient (Wildman–Crippen LogP) is 6.16. The Labute approximate surface area is 111 Å². The second kappa shape index (κ2) is 6.25. The van der Waals surface area contributed by atoms with Gasteiger partial charge in [0.2, 0.25) is 0 Å². The molecule has 104 valence electrons. The van der Waals surface area contributed by atoms with Crippen molar-refractivity contribution in [1.82, 2.24) is 0 Å². The molecule has 0 nitrogen and oxygen atoms in total. The van der Waals surface area contributed by atoms with Crippen molar-refractivity contribution in [2.75, 3.05) is 0 Å². The van der Waals surface area contributed by atoms with Gasteiger partial charge >= 0.3 is 0 Å². The number of hydrogen-bond donors (Lipinski definition) is 0. The summed E-state index contributed by atoms with van der Waals surface area (Å²) >= 11 is 0. The van der Waals surface area contributed by atoms with Crippen LogP contribution in [0.1, 0.15) is 81.6 Å². The van der Waals surface area contributed by atoms with Crippen LogP contribution in [0.15, 0.2) is 0 Å². The SMILES string of the molecule is CCCC(C)CC(C)C(C)(C)C(C)C(C)(C)C. The highest BCUT2D eigenvalue weighted by molar-refractivity contribution is 4.87. The van der Waals surface area contributed by atoms with Crippen molar-refractivity contribution in [2.45, 2.75) is 81.6 Å². The largest absolute Gasteiger partial charge is 0.0654 e. The standard InChI is InChI=1S/C17H36/c1-10-11-13(2)12-14(3)17(8,9)15(4)16(5,6)7/h13-15H,10-12H2,1-9H3. The van der Waals surface area contributed by atoms with Gasteiger partial charge in [0.15, 0.2) is 0 Å². The lowest BCUT2D eigenvalue weighted by atomic mass is 9.60. The molecule has 0 heterocycles. The molecule has 0 amide bonds. The molecule has 17 heavy (non-hydrogen) atoms. The predicted molar refractivity (Wildman–Crippen MR) is 80.3 cm³/mol. The van der Waals surface area contributed by atoms with Crippen molar-refractivity contribution in [3.8, 4) is 0 Å². The first-order valence-electron chi connectivity index (χ1n) is 7.53. The Morgan fingerprint density at radius 3 is 1.71 bits per heavy atom. The van der Waals surface area contributed by atoms with E-state index in [2.05, 4.69) is 62.3 Å². The van der Waals surface area contributed by atoms with Gasteiger partial charge in [-0.1, -0.05) is 75.2 Å². The maximum absolute atomic E-state index is 2.46. The van der Waals surface area contributed by atoms with E-state index in [4.69, 9.17) is 0 Å². The molecule has 0 N–H and O–H groups in total. The van der Waals surface area contributed by atoms with E-state index in [1.807, 2.05) is 0 Å². The molecule has 0 aromatic rings. The third kappa shape index (κ3) is 5.02. The molecule has 0 bridgehead atoms. The maximum Gasteiger partial charge on any atom is -0.0298 e. The smallest absolute Gasteiger partial charge is 0.0298 e. The first kappa shape index (κ1) is 17.0. The zero-order valence-corrected chi connectivity index (χ0v) is 13.9. The second-order valence-electron chi connectivity index (χ2n) is 7.94. The van der Waals surface area contributed by atoms with E-state index in [0.717, 1.165) is 17.8 Å². The van der Waals surface area contributed by atoms with Gasteiger partial charge in [0, 0.05) is 0 Å². The Morgan fingerprint density at radius 1 is 0.882 bits per heavy atom. The molecule has 0 saturated carbocycles. The quantitative estimate of drug-likeness (QED) is 0.522. The van der Waals surface area contributed by atoms with Gasteiger partial charge in [0.05, 0.1) is 0 Å². The lowest BCUT2D eigenvalue weighted by Gasteiger charge is -2.45. The van der Waals surface area contributed by atoms with Crippen LogP contribution in [0.5, 0.6) is 0 Å². The van der Waals surface area contributed by atoms with Crippen LogP contribution in [0.2, 0.25) is 0 Å². The normalized spacial score (nSPS) is 18.9. The van der Waals surface area contributed by atoms with Crippen molar-refractivity contribution in [1.29, 1.82) is 0 Å². The Bertz CT molecular complexity index is 207. The molecule has 0 heteroatoms. The lowest BCUT2D eigenvalue weighted by Crippen LogP contribution is -2.37. The molecule has 0 aromatic carbocycles. The van der Waals surface area contributed by atoms with Crippen molar-refractivity contribution < 1.29 is 0 Å². The van der Waals surface area contributed by atoms with Crippen molar-refractivity contribution >= 4 is 0 Å². The summed E-state index contributed by atoms with van der Waals surface area (Å²) in [5.41, 5.74) is 0.839. The molecule has 0 fully saturated rings. The van der Waals surface area contributed by atoms with E-state index >= 15 is 0 Å². The molecule has 0 aliphatic heterocycles. The number of hydrogen-bond acceptors (Lipinski definition) is 0. The average molecular weight is 240 g/mol. The van der Waals surface area contributed by atoms with Gasteiger partial charge in [-0.25, -0.2) is 0 Å². The molecule has 0 aliphatic carbocycles. The fraction of sp³-hybridized carbons (Fsp3) is 1.00. The summed E-state index contributed by atoms with van der Waals surface area (Å²) in [6, 6.07) is 0. The highest BCUT2D eigenvalue weighted by Crippen LogP contribution is 2.46. The summed E-state index contributed by atoms with van der Waals surface area (Å²) in [5.74, 6) is 2.43. The van der Waals surface area contributed by atoms with Crippen LogP contribution in [0, 0.1) is 28.6 Å². The first-order valence-corrected chi connectivity index (χ1v) is 7.53. The average Bonchev–Trinajstić information content (AvgIpc) is 2.15. The monoisotopic (exact) mass is 240 g/mol. The van der Waals surface area contributed by atoms with Crippen LogP contribution >= 0.6 is 0 Å². The van der Waals surface area contributed by atoms with Crippen LogP contribution in [0.4, 0.5) is 0 Å². The van der Waals surface area contributed by atoms with E-state index in [0.29, 0.717) is 10.8 Å². The van der Waals surface area contributed by atoms with Gasteiger partial charge in [0.1, 0.15) is 0 Å². The zero-order valence-electron chi connectivity index (χ0n) is 13.9. The van der Waals surface area contributed by atoms with E-state index in [1.54, 1.807) is 0 Å². The minimum absolute atomic E-state index is 0.408. The summed E-state index contributed by atoms with van der Waals surface area (Å²) in [5, 5.41) is 0. The van der Waals surface area contributed by atoms with Crippen molar-refractivity contribution in [3.63, 3.8) is 0 Å². The maximum atomic E-state index is 2.46. The molecule has 0 aromatic heterocycles. The second-order valence-corrected chi connectivity index (χ2v) is 7.94. The van der Waals surface area contributed by atoms with Crippen LogP contribution in [-0.2, 0) is 0 Å². The highest BCUT2D eigenvalue weighted by Gasteiger charge is 2.38. The fourth-order valence-electron chi connectivity index (χ4n) is 3.06. The number of rotatable bonds is 6. The summed E-state index contributed by atoms with van der Waals surface area (Å²) in [7, 11) is 0. The van der Waals surface area contributed by atoms with Gasteiger partial charge in [-0.2, -0.15) is 0 Å². The van der Waals surface area contributed by atoms with Crippen molar-refractivity contribution in [2.24, 2.45) is 28.6 Å². The fourth-order valence-corrected chi connectivity index (χ4v) is 3.06. The molecule has 0 aliphatic rings. The Morgan fingerprint density at radius 2 is 1.35 bits per heavy atom. The molecule has 0 saturated heterocycles. The minimum Gasteiger partial charge on any atom is -0.0654 e.